The van der Waals surface area contributed by atoms with Crippen LogP contribution in [-0.4, -0.2) is 19.1 Å². The van der Waals surface area contributed by atoms with Crippen LogP contribution < -0.4 is 10.6 Å². The fourth-order valence-corrected chi connectivity index (χ4v) is 2.12. The van der Waals surface area contributed by atoms with Crippen LogP contribution in [0, 0.1) is 11.7 Å². The molecule has 0 aliphatic rings. The molecule has 0 fully saturated rings. The molecule has 0 amide bonds. The van der Waals surface area contributed by atoms with Gasteiger partial charge in [-0.1, -0.05) is 35.8 Å². The van der Waals surface area contributed by atoms with Gasteiger partial charge < -0.3 is 10.6 Å². The van der Waals surface area contributed by atoms with E-state index in [2.05, 4.69) is 47.3 Å². The summed E-state index contributed by atoms with van der Waals surface area (Å²) in [6, 6.07) is 5.37. The summed E-state index contributed by atoms with van der Waals surface area (Å²) in [6.45, 7) is 8.91. The summed E-state index contributed by atoms with van der Waals surface area (Å²) in [7, 11) is 0. The van der Waals surface area contributed by atoms with Crippen LogP contribution in [0.1, 0.15) is 26.3 Å². The normalized spacial score (nSPS) is 13.0. The van der Waals surface area contributed by atoms with Crippen LogP contribution in [0.15, 0.2) is 22.7 Å². The lowest BCUT2D eigenvalue weighted by atomic mass is 10.2. The van der Waals surface area contributed by atoms with Crippen LogP contribution in [0.25, 0.3) is 0 Å². The van der Waals surface area contributed by atoms with Gasteiger partial charge in [-0.25, -0.2) is 4.39 Å². The van der Waals surface area contributed by atoms with E-state index in [1.807, 2.05) is 6.07 Å². The van der Waals surface area contributed by atoms with Crippen LogP contribution in [-0.2, 0) is 6.54 Å². The van der Waals surface area contributed by atoms with E-state index in [9.17, 15) is 4.39 Å². The van der Waals surface area contributed by atoms with Gasteiger partial charge in [-0.2, -0.15) is 0 Å². The number of hydrogen-bond acceptors (Lipinski definition) is 2. The van der Waals surface area contributed by atoms with Crippen LogP contribution in [0.3, 0.4) is 0 Å². The molecule has 1 aromatic rings. The molecule has 0 aliphatic carbocycles. The molecule has 0 radical (unpaired) electrons. The molecular formula is C14H22BrFN2. The van der Waals surface area contributed by atoms with Crippen LogP contribution in [0.5, 0.6) is 0 Å². The van der Waals surface area contributed by atoms with Gasteiger partial charge in [-0.05, 0) is 31.5 Å². The van der Waals surface area contributed by atoms with Gasteiger partial charge in [-0.15, -0.1) is 0 Å². The minimum absolute atomic E-state index is 0.167. The molecule has 1 rings (SSSR count). The van der Waals surface area contributed by atoms with E-state index in [0.29, 0.717) is 24.1 Å². The van der Waals surface area contributed by atoms with E-state index < -0.39 is 0 Å². The number of nitrogens with one attached hydrogen (secondary N) is 2. The highest BCUT2D eigenvalue weighted by Gasteiger charge is 2.08. The number of halogens is 2. The highest BCUT2D eigenvalue weighted by Crippen LogP contribution is 2.19. The molecule has 102 valence electrons. The smallest absolute Gasteiger partial charge is 0.128 e. The maximum absolute atomic E-state index is 13.6. The third-order valence-electron chi connectivity index (χ3n) is 2.69. The highest BCUT2D eigenvalue weighted by molar-refractivity contribution is 9.10. The summed E-state index contributed by atoms with van der Waals surface area (Å²) >= 11 is 3.37. The molecule has 1 aromatic carbocycles. The first-order chi connectivity index (χ1) is 8.50. The van der Waals surface area contributed by atoms with Crippen LogP contribution >= 0.6 is 15.9 Å². The van der Waals surface area contributed by atoms with Gasteiger partial charge in [0.25, 0.3) is 0 Å². The van der Waals surface area contributed by atoms with Crippen molar-refractivity contribution >= 4 is 15.9 Å². The van der Waals surface area contributed by atoms with Crippen LogP contribution in [0.2, 0.25) is 0 Å². The molecule has 0 spiro atoms. The summed E-state index contributed by atoms with van der Waals surface area (Å²) in [5.41, 5.74) is 0.688. The van der Waals surface area contributed by atoms with Gasteiger partial charge >= 0.3 is 0 Å². The summed E-state index contributed by atoms with van der Waals surface area (Å²) in [4.78, 5) is 0. The second kappa shape index (κ2) is 7.87. The van der Waals surface area contributed by atoms with E-state index >= 15 is 0 Å². The Kier molecular flexibility index (Phi) is 6.82. The fourth-order valence-electron chi connectivity index (χ4n) is 1.64. The van der Waals surface area contributed by atoms with Crippen molar-refractivity contribution in [3.05, 3.63) is 34.1 Å². The molecule has 4 heteroatoms. The monoisotopic (exact) mass is 316 g/mol. The van der Waals surface area contributed by atoms with E-state index in [1.165, 1.54) is 6.07 Å². The summed E-state index contributed by atoms with van der Waals surface area (Å²) in [6.07, 6.45) is 0. The maximum Gasteiger partial charge on any atom is 0.128 e. The molecule has 0 bridgehead atoms. The molecule has 1 unspecified atom stereocenters. The zero-order valence-corrected chi connectivity index (χ0v) is 12.8. The van der Waals surface area contributed by atoms with Gasteiger partial charge in [0.15, 0.2) is 0 Å². The molecule has 18 heavy (non-hydrogen) atoms. The van der Waals surface area contributed by atoms with E-state index in [-0.39, 0.29) is 5.82 Å². The fraction of sp³-hybridized carbons (Fsp3) is 0.571. The van der Waals surface area contributed by atoms with Crippen molar-refractivity contribution in [2.75, 3.05) is 13.1 Å². The van der Waals surface area contributed by atoms with Gasteiger partial charge in [0, 0.05) is 29.2 Å². The topological polar surface area (TPSA) is 24.1 Å². The highest BCUT2D eigenvalue weighted by atomic mass is 79.9. The molecule has 0 saturated heterocycles. The first-order valence-electron chi connectivity index (χ1n) is 6.37. The lowest BCUT2D eigenvalue weighted by molar-refractivity contribution is 0.466. The van der Waals surface area contributed by atoms with Gasteiger partial charge in [0.2, 0.25) is 0 Å². The molecule has 0 saturated carbocycles. The summed E-state index contributed by atoms with van der Waals surface area (Å²) in [5.74, 6) is 0.483. The van der Waals surface area contributed by atoms with Gasteiger partial charge in [-0.3, -0.25) is 0 Å². The average Bonchev–Trinajstić information content (AvgIpc) is 2.27. The van der Waals surface area contributed by atoms with E-state index in [1.54, 1.807) is 6.07 Å². The number of rotatable bonds is 7. The quantitative estimate of drug-likeness (QED) is 0.806. The van der Waals surface area contributed by atoms with Crippen molar-refractivity contribution in [1.29, 1.82) is 0 Å². The SMILES string of the molecule is CC(C)CNCC(C)NCc1c(F)cccc1Br. The summed E-state index contributed by atoms with van der Waals surface area (Å²) < 4.78 is 14.4. The standard InChI is InChI=1S/C14H22BrFN2/c1-10(2)7-17-8-11(3)18-9-12-13(15)5-4-6-14(12)16/h4-6,10-11,17-18H,7-9H2,1-3H3. The largest absolute Gasteiger partial charge is 0.315 e. The Hall–Kier alpha value is -0.450. The predicted octanol–water partition coefficient (Wildman–Crippen LogP) is 3.31. The molecular weight excluding hydrogens is 295 g/mol. The molecule has 0 aromatic heterocycles. The molecule has 1 atom stereocenters. The maximum atomic E-state index is 13.6. The number of hydrogen-bond donors (Lipinski definition) is 2. The van der Waals surface area contributed by atoms with Crippen molar-refractivity contribution in [1.82, 2.24) is 10.6 Å². The Morgan fingerprint density at radius 1 is 1.22 bits per heavy atom. The molecule has 2 N–H and O–H groups in total. The van der Waals surface area contributed by atoms with Gasteiger partial charge in [0.1, 0.15) is 5.82 Å². The zero-order valence-electron chi connectivity index (χ0n) is 11.3. The lowest BCUT2D eigenvalue weighted by Gasteiger charge is -2.16. The van der Waals surface area contributed by atoms with Crippen molar-refractivity contribution in [2.45, 2.75) is 33.4 Å². The average molecular weight is 317 g/mol. The van der Waals surface area contributed by atoms with Crippen LogP contribution in [0.4, 0.5) is 4.39 Å². The van der Waals surface area contributed by atoms with E-state index in [4.69, 9.17) is 0 Å². The Labute approximate surface area is 117 Å². The molecule has 0 aliphatic heterocycles. The molecule has 2 nitrogen and oxygen atoms in total. The Bertz CT molecular complexity index is 349. The van der Waals surface area contributed by atoms with E-state index in [0.717, 1.165) is 17.6 Å². The summed E-state index contributed by atoms with van der Waals surface area (Å²) in [5, 5.41) is 6.70. The minimum Gasteiger partial charge on any atom is -0.315 e. The third-order valence-corrected chi connectivity index (χ3v) is 3.44. The lowest BCUT2D eigenvalue weighted by Crippen LogP contribution is -2.37. The number of benzene rings is 1. The predicted molar refractivity (Wildman–Crippen MR) is 78.1 cm³/mol. The Morgan fingerprint density at radius 2 is 1.94 bits per heavy atom. The Balaban J connectivity index is 2.36. The third kappa shape index (κ3) is 5.46. The first-order valence-corrected chi connectivity index (χ1v) is 7.17. The van der Waals surface area contributed by atoms with Crippen molar-refractivity contribution in [2.24, 2.45) is 5.92 Å². The van der Waals surface area contributed by atoms with Gasteiger partial charge in [0.05, 0.1) is 0 Å². The molecule has 0 heterocycles. The minimum atomic E-state index is -0.167. The Morgan fingerprint density at radius 3 is 2.56 bits per heavy atom. The van der Waals surface area contributed by atoms with Crippen molar-refractivity contribution in [3.63, 3.8) is 0 Å². The van der Waals surface area contributed by atoms with Crippen molar-refractivity contribution < 1.29 is 4.39 Å². The second-order valence-corrected chi connectivity index (χ2v) is 5.89. The first kappa shape index (κ1) is 15.6. The zero-order chi connectivity index (χ0) is 13.5. The second-order valence-electron chi connectivity index (χ2n) is 5.03. The van der Waals surface area contributed by atoms with Crippen molar-refractivity contribution in [3.8, 4) is 0 Å².